The number of aromatic nitrogens is 2. The summed E-state index contributed by atoms with van der Waals surface area (Å²) in [6.07, 6.45) is 24.2. The molecule has 0 unspecified atom stereocenters. The van der Waals surface area contributed by atoms with Gasteiger partial charge in [0.25, 0.3) is 0 Å². The number of aryl methyl sites for hydroxylation is 2. The van der Waals surface area contributed by atoms with Crippen molar-refractivity contribution in [3.05, 3.63) is 71.8 Å². The maximum Gasteiger partial charge on any atom is 0.143 e. The van der Waals surface area contributed by atoms with E-state index in [0.717, 1.165) is 20.7 Å². The summed E-state index contributed by atoms with van der Waals surface area (Å²) in [6.45, 7) is 4.58. The van der Waals surface area contributed by atoms with Crippen molar-refractivity contribution in [2.75, 3.05) is 0 Å². The van der Waals surface area contributed by atoms with Crippen LogP contribution in [0.5, 0.6) is 0 Å². The summed E-state index contributed by atoms with van der Waals surface area (Å²) in [6, 6.07) is 23.6. The summed E-state index contributed by atoms with van der Waals surface area (Å²) >= 11 is 3.59. The Bertz CT molecular complexity index is 1980. The zero-order valence-corrected chi connectivity index (χ0v) is 30.8. The van der Waals surface area contributed by atoms with E-state index in [9.17, 15) is 0 Å². The number of hydrogen-bond donors (Lipinski definition) is 0. The van der Waals surface area contributed by atoms with Gasteiger partial charge >= 0.3 is 0 Å². The molecule has 3 aromatic heterocycles. The van der Waals surface area contributed by atoms with Crippen molar-refractivity contribution in [3.8, 4) is 0 Å². The molecule has 48 heavy (non-hydrogen) atoms. The van der Waals surface area contributed by atoms with Crippen molar-refractivity contribution in [2.45, 2.75) is 129 Å². The van der Waals surface area contributed by atoms with Gasteiger partial charge in [-0.2, -0.15) is 0 Å². The van der Waals surface area contributed by atoms with Gasteiger partial charge in [0.15, 0.2) is 0 Å². The van der Waals surface area contributed by atoms with Crippen LogP contribution in [0, 0.1) is 0 Å². The maximum absolute atomic E-state index is 5.26. The summed E-state index contributed by atoms with van der Waals surface area (Å²) in [4.78, 5) is 12.6. The molecule has 0 amide bonds. The van der Waals surface area contributed by atoms with Gasteiger partial charge in [-0.25, -0.2) is 9.97 Å². The fraction of sp³-hybridized carbons (Fsp3) is 0.455. The van der Waals surface area contributed by atoms with Gasteiger partial charge in [0.2, 0.25) is 0 Å². The zero-order valence-electron chi connectivity index (χ0n) is 29.2. The molecular formula is C44H52N2S2. The van der Waals surface area contributed by atoms with E-state index in [1.54, 1.807) is 22.7 Å². The highest BCUT2D eigenvalue weighted by atomic mass is 32.1. The van der Waals surface area contributed by atoms with Crippen molar-refractivity contribution in [3.63, 3.8) is 0 Å². The third-order valence-corrected chi connectivity index (χ3v) is 12.5. The van der Waals surface area contributed by atoms with Crippen LogP contribution in [-0.4, -0.2) is 9.97 Å². The first kappa shape index (κ1) is 33.4. The number of thiophene rings is 2. The maximum atomic E-state index is 5.26. The second-order valence-corrected chi connectivity index (χ2v) is 16.3. The monoisotopic (exact) mass is 672 g/mol. The average molecular weight is 673 g/mol. The fourth-order valence-corrected chi connectivity index (χ4v) is 9.63. The fourth-order valence-electron chi connectivity index (χ4n) is 7.53. The quantitative estimate of drug-likeness (QED) is 0.0848. The van der Waals surface area contributed by atoms with Crippen LogP contribution in [0.2, 0.25) is 0 Å². The topological polar surface area (TPSA) is 25.8 Å². The van der Waals surface area contributed by atoms with Crippen LogP contribution in [0.1, 0.15) is 128 Å². The van der Waals surface area contributed by atoms with Gasteiger partial charge in [-0.3, -0.25) is 0 Å². The van der Waals surface area contributed by atoms with E-state index in [2.05, 4.69) is 74.5 Å². The molecule has 0 saturated carbocycles. The van der Waals surface area contributed by atoms with Gasteiger partial charge in [0.05, 0.1) is 0 Å². The van der Waals surface area contributed by atoms with Gasteiger partial charge < -0.3 is 0 Å². The van der Waals surface area contributed by atoms with Crippen LogP contribution in [0.3, 0.4) is 0 Å². The third kappa shape index (κ3) is 7.71. The van der Waals surface area contributed by atoms with E-state index in [1.807, 2.05) is 0 Å². The molecule has 4 aromatic carbocycles. The molecule has 0 aliphatic rings. The number of fused-ring (bicyclic) bond motifs is 8. The lowest BCUT2D eigenvalue weighted by Crippen LogP contribution is -1.87. The van der Waals surface area contributed by atoms with Crippen LogP contribution in [0.15, 0.2) is 60.7 Å². The molecule has 2 nitrogen and oxygen atoms in total. The first-order valence-corrected chi connectivity index (χ1v) is 20.8. The summed E-state index contributed by atoms with van der Waals surface area (Å²) in [5.74, 6) is 0. The summed E-state index contributed by atoms with van der Waals surface area (Å²) in [5.41, 5.74) is 5.03. The van der Waals surface area contributed by atoms with Gasteiger partial charge in [-0.05, 0) is 82.6 Å². The highest BCUT2D eigenvalue weighted by molar-refractivity contribution is 7.26. The predicted octanol–water partition coefficient (Wildman–Crippen LogP) is 14.9. The Morgan fingerprint density at radius 2 is 0.812 bits per heavy atom. The number of unbranched alkanes of at least 4 members (excludes halogenated alkanes) is 14. The molecule has 0 radical (unpaired) electrons. The number of hydrogen-bond acceptors (Lipinski definition) is 4. The highest BCUT2D eigenvalue weighted by Gasteiger charge is 2.15. The lowest BCUT2D eigenvalue weighted by Gasteiger charge is -2.05. The molecule has 0 atom stereocenters. The van der Waals surface area contributed by atoms with E-state index >= 15 is 0 Å². The lowest BCUT2D eigenvalue weighted by molar-refractivity contribution is 0.575. The van der Waals surface area contributed by atoms with Crippen molar-refractivity contribution in [1.82, 2.24) is 9.97 Å². The van der Waals surface area contributed by atoms with Gasteiger partial charge in [0, 0.05) is 20.2 Å². The predicted molar refractivity (Wildman–Crippen MR) is 215 cm³/mol. The number of rotatable bonds is 18. The Labute approximate surface area is 295 Å². The van der Waals surface area contributed by atoms with E-state index in [-0.39, 0.29) is 0 Å². The standard InChI is InChI=1S/C44H52N2S2/c1-3-5-7-9-11-13-15-17-19-31-21-23-33-27-37-39(29-35(33)25-31)47-43-41(37)45-44-42(46-43)38-28-34-24-22-32(26-36(34)30-40(38)48-44)20-18-16-14-12-10-8-6-4-2/h21-30H,3-20H2,1-2H3. The molecule has 4 heteroatoms. The van der Waals surface area contributed by atoms with Crippen LogP contribution in [0.4, 0.5) is 0 Å². The normalized spacial score (nSPS) is 12.2. The minimum atomic E-state index is 1.05. The van der Waals surface area contributed by atoms with Gasteiger partial charge in [0.1, 0.15) is 20.7 Å². The number of nitrogens with zero attached hydrogens (tertiary/aromatic N) is 2. The lowest BCUT2D eigenvalue weighted by atomic mass is 10.0. The summed E-state index contributed by atoms with van der Waals surface area (Å²) in [5, 5.41) is 7.75. The molecule has 0 N–H and O–H groups in total. The summed E-state index contributed by atoms with van der Waals surface area (Å²) < 4.78 is 2.58. The number of benzene rings is 4. The Kier molecular flexibility index (Phi) is 11.2. The van der Waals surface area contributed by atoms with Crippen LogP contribution >= 0.6 is 22.7 Å². The molecule has 7 aromatic rings. The molecule has 7 rings (SSSR count). The molecule has 0 bridgehead atoms. The Hall–Kier alpha value is -3.08. The van der Waals surface area contributed by atoms with Gasteiger partial charge in [-0.1, -0.05) is 140 Å². The van der Waals surface area contributed by atoms with Crippen LogP contribution < -0.4 is 0 Å². The van der Waals surface area contributed by atoms with Crippen LogP contribution in [-0.2, 0) is 12.8 Å². The second kappa shape index (κ2) is 16.1. The molecular weight excluding hydrogens is 621 g/mol. The Morgan fingerprint density at radius 3 is 1.23 bits per heavy atom. The van der Waals surface area contributed by atoms with E-state index in [4.69, 9.17) is 9.97 Å². The molecule has 0 saturated heterocycles. The first-order chi connectivity index (χ1) is 23.7. The van der Waals surface area contributed by atoms with Crippen molar-refractivity contribution in [2.24, 2.45) is 0 Å². The molecule has 0 fully saturated rings. The molecule has 0 aliphatic heterocycles. The largest absolute Gasteiger partial charge is 0.232 e. The van der Waals surface area contributed by atoms with Crippen molar-refractivity contribution < 1.29 is 0 Å². The van der Waals surface area contributed by atoms with Crippen molar-refractivity contribution in [1.29, 1.82) is 0 Å². The minimum absolute atomic E-state index is 1.05. The first-order valence-electron chi connectivity index (χ1n) is 19.1. The zero-order chi connectivity index (χ0) is 32.7. The Balaban J connectivity index is 1.06. The summed E-state index contributed by atoms with van der Waals surface area (Å²) in [7, 11) is 0. The second-order valence-electron chi connectivity index (χ2n) is 14.2. The third-order valence-electron chi connectivity index (χ3n) is 10.4. The highest BCUT2D eigenvalue weighted by Crippen LogP contribution is 2.40. The minimum Gasteiger partial charge on any atom is -0.232 e. The average Bonchev–Trinajstić information content (AvgIpc) is 3.63. The Morgan fingerprint density at radius 1 is 0.417 bits per heavy atom. The van der Waals surface area contributed by atoms with E-state index < -0.39 is 0 Å². The smallest absolute Gasteiger partial charge is 0.143 e. The van der Waals surface area contributed by atoms with E-state index in [1.165, 1.54) is 168 Å². The SMILES string of the molecule is CCCCCCCCCCc1ccc2cc3c(cc2c1)sc1nc2c(nc13)sc1cc3cc(CCCCCCCCCC)ccc3cc12. The molecule has 3 heterocycles. The van der Waals surface area contributed by atoms with Gasteiger partial charge in [-0.15, -0.1) is 22.7 Å². The molecule has 0 spiro atoms. The van der Waals surface area contributed by atoms with Crippen molar-refractivity contribution >= 4 is 85.1 Å². The molecule has 250 valence electrons. The van der Waals surface area contributed by atoms with E-state index in [0.29, 0.717) is 0 Å². The molecule has 0 aliphatic carbocycles. The van der Waals surface area contributed by atoms with Crippen LogP contribution in [0.25, 0.3) is 62.4 Å².